The summed E-state index contributed by atoms with van der Waals surface area (Å²) in [6.07, 6.45) is 0. The van der Waals surface area contributed by atoms with Gasteiger partial charge in [-0.05, 0) is 18.2 Å². The molecule has 0 amide bonds. The fraction of sp³-hybridized carbons (Fsp3) is 0.364. The molecule has 0 bridgehead atoms. The largest absolute Gasteiger partial charge is 0.478 e. The third kappa shape index (κ3) is 3.34. The fourth-order valence-electron chi connectivity index (χ4n) is 1.38. The van der Waals surface area contributed by atoms with Gasteiger partial charge >= 0.3 is 5.97 Å². The molecule has 1 aromatic carbocycles. The van der Waals surface area contributed by atoms with Crippen LogP contribution in [-0.2, 0) is 6.04 Å². The fourth-order valence-corrected chi connectivity index (χ4v) is 2.84. The average Bonchev–Trinajstić information content (AvgIpc) is 2.02. The average molecular weight is 208 g/mol. The Bertz CT molecular complexity index is 322. The standard InChI is InChI=1S/C11H16O2Si/c1-14(2,3)8-9-4-6-10(7-5-9)11(12)13/h4-7H,8H2,1-3H3,(H,12,13). The predicted octanol–water partition coefficient (Wildman–Crippen LogP) is 2.80. The van der Waals surface area contributed by atoms with Crippen LogP contribution in [0.4, 0.5) is 0 Å². The number of aromatic carboxylic acids is 1. The van der Waals surface area contributed by atoms with Crippen molar-refractivity contribution in [2.45, 2.75) is 25.7 Å². The Morgan fingerprint density at radius 2 is 1.71 bits per heavy atom. The molecule has 0 radical (unpaired) electrons. The van der Waals surface area contributed by atoms with E-state index in [1.165, 1.54) is 5.56 Å². The molecule has 0 aromatic heterocycles. The van der Waals surface area contributed by atoms with Crippen molar-refractivity contribution in [3.05, 3.63) is 35.4 Å². The quantitative estimate of drug-likeness (QED) is 0.776. The first kappa shape index (κ1) is 11.0. The Balaban J connectivity index is 2.79. The van der Waals surface area contributed by atoms with E-state index in [1.807, 2.05) is 12.1 Å². The minimum Gasteiger partial charge on any atom is -0.478 e. The number of carbonyl (C=O) groups is 1. The second-order valence-corrected chi connectivity index (χ2v) is 10.2. The van der Waals surface area contributed by atoms with Crippen LogP contribution in [0.2, 0.25) is 19.6 Å². The van der Waals surface area contributed by atoms with Gasteiger partial charge in [0.15, 0.2) is 0 Å². The van der Waals surface area contributed by atoms with Crippen molar-refractivity contribution in [2.24, 2.45) is 0 Å². The molecule has 2 nitrogen and oxygen atoms in total. The van der Waals surface area contributed by atoms with Crippen molar-refractivity contribution in [2.75, 3.05) is 0 Å². The Morgan fingerprint density at radius 3 is 2.07 bits per heavy atom. The number of rotatable bonds is 3. The van der Waals surface area contributed by atoms with Gasteiger partial charge in [0.05, 0.1) is 5.56 Å². The maximum Gasteiger partial charge on any atom is 0.335 e. The second kappa shape index (κ2) is 3.96. The van der Waals surface area contributed by atoms with Crippen LogP contribution in [0.15, 0.2) is 24.3 Å². The van der Waals surface area contributed by atoms with Crippen LogP contribution in [0.1, 0.15) is 15.9 Å². The van der Waals surface area contributed by atoms with Crippen LogP contribution in [0.25, 0.3) is 0 Å². The molecule has 0 aliphatic heterocycles. The summed E-state index contributed by atoms with van der Waals surface area (Å²) >= 11 is 0. The molecule has 0 spiro atoms. The third-order valence-corrected chi connectivity index (χ3v) is 3.40. The van der Waals surface area contributed by atoms with E-state index in [0.717, 1.165) is 6.04 Å². The summed E-state index contributed by atoms with van der Waals surface area (Å²) in [6, 6.07) is 8.30. The molecule has 0 saturated carbocycles. The van der Waals surface area contributed by atoms with E-state index in [4.69, 9.17) is 5.11 Å². The van der Waals surface area contributed by atoms with Crippen LogP contribution in [-0.4, -0.2) is 19.1 Å². The summed E-state index contributed by atoms with van der Waals surface area (Å²) in [5.74, 6) is -0.857. The molecular formula is C11H16O2Si. The lowest BCUT2D eigenvalue weighted by Gasteiger charge is -2.15. The maximum absolute atomic E-state index is 10.6. The molecule has 0 aliphatic carbocycles. The molecule has 0 unspecified atom stereocenters. The Kier molecular flexibility index (Phi) is 3.11. The van der Waals surface area contributed by atoms with Crippen molar-refractivity contribution in [3.8, 4) is 0 Å². The van der Waals surface area contributed by atoms with Crippen LogP contribution in [0.5, 0.6) is 0 Å². The molecule has 0 fully saturated rings. The molecule has 76 valence electrons. The normalized spacial score (nSPS) is 11.4. The van der Waals surface area contributed by atoms with E-state index in [-0.39, 0.29) is 0 Å². The monoisotopic (exact) mass is 208 g/mol. The number of hydrogen-bond acceptors (Lipinski definition) is 1. The van der Waals surface area contributed by atoms with Crippen molar-refractivity contribution < 1.29 is 9.90 Å². The van der Waals surface area contributed by atoms with E-state index in [2.05, 4.69) is 19.6 Å². The Labute approximate surface area is 85.6 Å². The molecule has 1 N–H and O–H groups in total. The lowest BCUT2D eigenvalue weighted by atomic mass is 10.1. The van der Waals surface area contributed by atoms with E-state index in [0.29, 0.717) is 5.56 Å². The zero-order valence-electron chi connectivity index (χ0n) is 8.87. The zero-order valence-corrected chi connectivity index (χ0v) is 9.87. The first-order chi connectivity index (χ1) is 6.38. The maximum atomic E-state index is 10.6. The van der Waals surface area contributed by atoms with Crippen molar-refractivity contribution in [3.63, 3.8) is 0 Å². The second-order valence-electron chi connectivity index (χ2n) is 4.74. The molecule has 0 aliphatic rings. The van der Waals surface area contributed by atoms with Gasteiger partial charge in [-0.1, -0.05) is 37.3 Å². The van der Waals surface area contributed by atoms with Gasteiger partial charge in [0.2, 0.25) is 0 Å². The van der Waals surface area contributed by atoms with E-state index < -0.39 is 14.0 Å². The van der Waals surface area contributed by atoms with Gasteiger partial charge < -0.3 is 5.11 Å². The van der Waals surface area contributed by atoms with Crippen molar-refractivity contribution in [1.29, 1.82) is 0 Å². The summed E-state index contributed by atoms with van der Waals surface area (Å²) in [5.41, 5.74) is 1.61. The molecule has 0 saturated heterocycles. The van der Waals surface area contributed by atoms with Crippen LogP contribution >= 0.6 is 0 Å². The Morgan fingerprint density at radius 1 is 1.21 bits per heavy atom. The van der Waals surface area contributed by atoms with Gasteiger partial charge in [-0.15, -0.1) is 0 Å². The van der Waals surface area contributed by atoms with Crippen LogP contribution < -0.4 is 0 Å². The first-order valence-electron chi connectivity index (χ1n) is 4.71. The van der Waals surface area contributed by atoms with Crippen LogP contribution in [0.3, 0.4) is 0 Å². The van der Waals surface area contributed by atoms with Crippen LogP contribution in [0, 0.1) is 0 Å². The summed E-state index contributed by atoms with van der Waals surface area (Å²) in [6.45, 7) is 6.91. The number of hydrogen-bond donors (Lipinski definition) is 1. The highest BCUT2D eigenvalue weighted by Gasteiger charge is 2.13. The summed E-state index contributed by atoms with van der Waals surface area (Å²) in [7, 11) is -1.09. The highest BCUT2D eigenvalue weighted by molar-refractivity contribution is 6.75. The van der Waals surface area contributed by atoms with Gasteiger partial charge in [-0.2, -0.15) is 0 Å². The zero-order chi connectivity index (χ0) is 10.8. The molecule has 0 atom stereocenters. The highest BCUT2D eigenvalue weighted by atomic mass is 28.3. The molecule has 14 heavy (non-hydrogen) atoms. The van der Waals surface area contributed by atoms with Gasteiger partial charge in [0, 0.05) is 8.07 Å². The SMILES string of the molecule is C[Si](C)(C)Cc1ccc(C(=O)O)cc1. The smallest absolute Gasteiger partial charge is 0.335 e. The number of benzene rings is 1. The van der Waals surface area contributed by atoms with E-state index >= 15 is 0 Å². The third-order valence-electron chi connectivity index (χ3n) is 1.94. The highest BCUT2D eigenvalue weighted by Crippen LogP contribution is 2.12. The molecule has 1 aromatic rings. The summed E-state index contributed by atoms with van der Waals surface area (Å²) in [4.78, 5) is 10.6. The number of carboxylic acid groups (broad SMARTS) is 1. The lowest BCUT2D eigenvalue weighted by molar-refractivity contribution is 0.0697. The molecule has 0 heterocycles. The van der Waals surface area contributed by atoms with Crippen molar-refractivity contribution >= 4 is 14.0 Å². The van der Waals surface area contributed by atoms with Gasteiger partial charge in [-0.25, -0.2) is 4.79 Å². The lowest BCUT2D eigenvalue weighted by Crippen LogP contribution is -2.23. The predicted molar refractivity (Wildman–Crippen MR) is 60.5 cm³/mol. The van der Waals surface area contributed by atoms with E-state index in [9.17, 15) is 4.79 Å². The van der Waals surface area contributed by atoms with E-state index in [1.54, 1.807) is 12.1 Å². The summed E-state index contributed by atoms with van der Waals surface area (Å²) in [5, 5.41) is 8.72. The van der Waals surface area contributed by atoms with Gasteiger partial charge in [0.1, 0.15) is 0 Å². The molecule has 1 rings (SSSR count). The first-order valence-corrected chi connectivity index (χ1v) is 8.41. The Hall–Kier alpha value is -1.09. The van der Waals surface area contributed by atoms with Crippen molar-refractivity contribution in [1.82, 2.24) is 0 Å². The van der Waals surface area contributed by atoms with Gasteiger partial charge in [0.25, 0.3) is 0 Å². The number of carboxylic acids is 1. The molecular weight excluding hydrogens is 192 g/mol. The molecule has 3 heteroatoms. The summed E-state index contributed by atoms with van der Waals surface area (Å²) < 4.78 is 0. The van der Waals surface area contributed by atoms with Gasteiger partial charge in [-0.3, -0.25) is 0 Å². The minimum absolute atomic E-state index is 0.365. The topological polar surface area (TPSA) is 37.3 Å². The minimum atomic E-state index is -1.09.